The molecule has 1 atom stereocenters. The van der Waals surface area contributed by atoms with Crippen molar-refractivity contribution in [1.29, 1.82) is 0 Å². The molecule has 104 valence electrons. The van der Waals surface area contributed by atoms with Crippen molar-refractivity contribution >= 4 is 5.91 Å². The number of hydrogen-bond acceptors (Lipinski definition) is 4. The third kappa shape index (κ3) is 3.45. The van der Waals surface area contributed by atoms with E-state index in [0.717, 1.165) is 16.9 Å². The lowest BCUT2D eigenvalue weighted by molar-refractivity contribution is -0.180. The Balaban J connectivity index is 2.11. The fourth-order valence-corrected chi connectivity index (χ4v) is 1.92. The van der Waals surface area contributed by atoms with E-state index in [1.54, 1.807) is 6.07 Å². The smallest absolute Gasteiger partial charge is 0.216 e. The molecule has 1 unspecified atom stereocenters. The van der Waals surface area contributed by atoms with Gasteiger partial charge in [0.1, 0.15) is 5.75 Å². The first-order valence-corrected chi connectivity index (χ1v) is 6.26. The third-order valence-electron chi connectivity index (χ3n) is 2.94. The van der Waals surface area contributed by atoms with Gasteiger partial charge in [-0.2, -0.15) is 0 Å². The van der Waals surface area contributed by atoms with Crippen LogP contribution in [-0.2, 0) is 16.1 Å². The monoisotopic (exact) mass is 265 g/mol. The maximum Gasteiger partial charge on any atom is 0.216 e. The van der Waals surface area contributed by atoms with E-state index >= 15 is 0 Å². The molecule has 0 aliphatic carbocycles. The Morgan fingerprint density at radius 2 is 2.26 bits per heavy atom. The lowest BCUT2D eigenvalue weighted by Gasteiger charge is -2.32. The topological polar surface area (TPSA) is 67.8 Å². The molecule has 5 heteroatoms. The first-order chi connectivity index (χ1) is 8.87. The van der Waals surface area contributed by atoms with Crippen LogP contribution in [0.4, 0.5) is 0 Å². The highest BCUT2D eigenvalue weighted by molar-refractivity contribution is 5.72. The number of hydrogen-bond donors (Lipinski definition) is 2. The van der Waals surface area contributed by atoms with Gasteiger partial charge in [0.25, 0.3) is 0 Å². The molecule has 1 heterocycles. The standard InChI is InChI=1S/C14H19NO4/c1-9(16)15-7-12(17)10-4-5-13-11(6-10)8-18-14(2,3)19-13/h4-6,12,17H,7-8H2,1-3H3,(H,15,16). The third-order valence-corrected chi connectivity index (χ3v) is 2.94. The molecule has 0 fully saturated rings. The first kappa shape index (κ1) is 13.8. The normalized spacial score (nSPS) is 18.1. The Labute approximate surface area is 112 Å². The molecular formula is C14H19NO4. The number of carbonyl (C=O) groups excluding carboxylic acids is 1. The number of fused-ring (bicyclic) bond motifs is 1. The minimum Gasteiger partial charge on any atom is -0.463 e. The van der Waals surface area contributed by atoms with Gasteiger partial charge in [0.05, 0.1) is 12.7 Å². The second kappa shape index (κ2) is 5.19. The van der Waals surface area contributed by atoms with Crippen LogP contribution in [0.15, 0.2) is 18.2 Å². The predicted octanol–water partition coefficient (Wildman–Crippen LogP) is 1.50. The fourth-order valence-electron chi connectivity index (χ4n) is 1.92. The molecule has 5 nitrogen and oxygen atoms in total. The van der Waals surface area contributed by atoms with Crippen molar-refractivity contribution in [3.63, 3.8) is 0 Å². The van der Waals surface area contributed by atoms with E-state index < -0.39 is 11.9 Å². The average molecular weight is 265 g/mol. The second-order valence-electron chi connectivity index (χ2n) is 5.11. The molecule has 0 aromatic heterocycles. The van der Waals surface area contributed by atoms with Gasteiger partial charge < -0.3 is 19.9 Å². The molecule has 1 aliphatic rings. The summed E-state index contributed by atoms with van der Waals surface area (Å²) in [5, 5.41) is 12.6. The van der Waals surface area contributed by atoms with E-state index in [4.69, 9.17) is 9.47 Å². The highest BCUT2D eigenvalue weighted by atomic mass is 16.7. The van der Waals surface area contributed by atoms with Gasteiger partial charge in [0, 0.05) is 32.9 Å². The molecular weight excluding hydrogens is 246 g/mol. The Morgan fingerprint density at radius 1 is 1.53 bits per heavy atom. The molecule has 1 amide bonds. The van der Waals surface area contributed by atoms with Gasteiger partial charge in [0.15, 0.2) is 0 Å². The van der Waals surface area contributed by atoms with Crippen LogP contribution in [0.2, 0.25) is 0 Å². The lowest BCUT2D eigenvalue weighted by Crippen LogP contribution is -2.35. The summed E-state index contributed by atoms with van der Waals surface area (Å²) in [6.07, 6.45) is -0.732. The Morgan fingerprint density at radius 3 is 2.95 bits per heavy atom. The average Bonchev–Trinajstić information content (AvgIpc) is 2.34. The number of carbonyl (C=O) groups is 1. The zero-order valence-corrected chi connectivity index (χ0v) is 11.4. The van der Waals surface area contributed by atoms with Crippen LogP contribution in [-0.4, -0.2) is 23.3 Å². The van der Waals surface area contributed by atoms with E-state index in [1.165, 1.54) is 6.92 Å². The Kier molecular flexibility index (Phi) is 3.78. The largest absolute Gasteiger partial charge is 0.463 e. The number of rotatable bonds is 3. The van der Waals surface area contributed by atoms with Crippen molar-refractivity contribution in [3.8, 4) is 5.75 Å². The molecule has 0 saturated carbocycles. The number of aliphatic hydroxyl groups excluding tert-OH is 1. The molecule has 0 saturated heterocycles. The van der Waals surface area contributed by atoms with Crippen LogP contribution in [0.25, 0.3) is 0 Å². The number of benzene rings is 1. The van der Waals surface area contributed by atoms with Crippen LogP contribution < -0.4 is 10.1 Å². The van der Waals surface area contributed by atoms with Crippen molar-refractivity contribution in [1.82, 2.24) is 5.32 Å². The van der Waals surface area contributed by atoms with Gasteiger partial charge in [-0.3, -0.25) is 4.79 Å². The fraction of sp³-hybridized carbons (Fsp3) is 0.500. The number of ether oxygens (including phenoxy) is 2. The molecule has 2 rings (SSSR count). The molecule has 1 aromatic carbocycles. The minimum absolute atomic E-state index is 0.162. The zero-order valence-electron chi connectivity index (χ0n) is 11.4. The molecule has 0 bridgehead atoms. The summed E-state index contributed by atoms with van der Waals surface area (Å²) in [7, 11) is 0. The van der Waals surface area contributed by atoms with Crippen molar-refractivity contribution in [2.24, 2.45) is 0 Å². The lowest BCUT2D eigenvalue weighted by atomic mass is 10.0. The van der Waals surface area contributed by atoms with Crippen LogP contribution in [0.5, 0.6) is 5.75 Å². The van der Waals surface area contributed by atoms with Gasteiger partial charge in [-0.15, -0.1) is 0 Å². The molecule has 1 aliphatic heterocycles. The summed E-state index contributed by atoms with van der Waals surface area (Å²) in [5.74, 6) is -0.0132. The quantitative estimate of drug-likeness (QED) is 0.869. The SMILES string of the molecule is CC(=O)NCC(O)c1ccc2c(c1)COC(C)(C)O2. The van der Waals surface area contributed by atoms with Gasteiger partial charge in [-0.05, 0) is 17.7 Å². The maximum absolute atomic E-state index is 10.8. The molecule has 0 radical (unpaired) electrons. The van der Waals surface area contributed by atoms with Crippen LogP contribution in [0.1, 0.15) is 38.0 Å². The van der Waals surface area contributed by atoms with E-state index in [9.17, 15) is 9.90 Å². The summed E-state index contributed by atoms with van der Waals surface area (Å²) in [4.78, 5) is 10.8. The summed E-state index contributed by atoms with van der Waals surface area (Å²) in [5.41, 5.74) is 1.64. The van der Waals surface area contributed by atoms with E-state index in [2.05, 4.69) is 5.32 Å². The molecule has 2 N–H and O–H groups in total. The summed E-state index contributed by atoms with van der Waals surface area (Å²) < 4.78 is 11.2. The highest BCUT2D eigenvalue weighted by Gasteiger charge is 2.27. The van der Waals surface area contributed by atoms with Crippen molar-refractivity contribution in [2.45, 2.75) is 39.3 Å². The molecule has 19 heavy (non-hydrogen) atoms. The zero-order chi connectivity index (χ0) is 14.0. The molecule has 0 spiro atoms. The predicted molar refractivity (Wildman–Crippen MR) is 69.6 cm³/mol. The summed E-state index contributed by atoms with van der Waals surface area (Å²) in [6, 6.07) is 5.47. The van der Waals surface area contributed by atoms with Gasteiger partial charge in [-0.1, -0.05) is 6.07 Å². The Hall–Kier alpha value is -1.59. The number of nitrogens with one attached hydrogen (secondary N) is 1. The second-order valence-corrected chi connectivity index (χ2v) is 5.11. The van der Waals surface area contributed by atoms with Crippen LogP contribution in [0, 0.1) is 0 Å². The summed E-state index contributed by atoms with van der Waals surface area (Å²) in [6.45, 7) is 5.78. The number of aliphatic hydroxyl groups is 1. The van der Waals surface area contributed by atoms with Crippen LogP contribution in [0.3, 0.4) is 0 Å². The highest BCUT2D eigenvalue weighted by Crippen LogP contribution is 2.32. The minimum atomic E-state index is -0.732. The number of amides is 1. The van der Waals surface area contributed by atoms with Gasteiger partial charge >= 0.3 is 0 Å². The van der Waals surface area contributed by atoms with Gasteiger partial charge in [-0.25, -0.2) is 0 Å². The summed E-state index contributed by atoms with van der Waals surface area (Å²) >= 11 is 0. The van der Waals surface area contributed by atoms with Crippen LogP contribution >= 0.6 is 0 Å². The van der Waals surface area contributed by atoms with Crippen molar-refractivity contribution < 1.29 is 19.4 Å². The first-order valence-electron chi connectivity index (χ1n) is 6.26. The van der Waals surface area contributed by atoms with E-state index in [-0.39, 0.29) is 12.5 Å². The Bertz CT molecular complexity index is 484. The van der Waals surface area contributed by atoms with E-state index in [1.807, 2.05) is 26.0 Å². The molecule has 1 aromatic rings. The van der Waals surface area contributed by atoms with Crippen molar-refractivity contribution in [2.75, 3.05) is 6.54 Å². The maximum atomic E-state index is 10.8. The van der Waals surface area contributed by atoms with E-state index in [0.29, 0.717) is 6.61 Å². The van der Waals surface area contributed by atoms with Gasteiger partial charge in [0.2, 0.25) is 11.7 Å². The van der Waals surface area contributed by atoms with Crippen molar-refractivity contribution in [3.05, 3.63) is 29.3 Å².